The first-order chi connectivity index (χ1) is 29.3. The highest BCUT2D eigenvalue weighted by molar-refractivity contribution is 5.99. The number of benzene rings is 2. The summed E-state index contributed by atoms with van der Waals surface area (Å²) in [5.74, 6) is -3.54. The van der Waals surface area contributed by atoms with Crippen molar-refractivity contribution in [2.45, 2.75) is 98.8 Å². The third-order valence-corrected chi connectivity index (χ3v) is 9.75. The predicted molar refractivity (Wildman–Crippen MR) is 237 cm³/mol. The van der Waals surface area contributed by atoms with Gasteiger partial charge in [0, 0.05) is 42.8 Å². The van der Waals surface area contributed by atoms with Gasteiger partial charge < -0.3 is 44.4 Å². The molecule has 4 rings (SSSR count). The number of nitrogens with two attached hydrogens (primary N) is 1. The molecular weight excluding hydrogens is 838 g/mol. The first-order valence-electron chi connectivity index (χ1n) is 19.9. The highest BCUT2D eigenvalue weighted by Gasteiger charge is 2.28. The van der Waals surface area contributed by atoms with Crippen LogP contribution in [0.25, 0.3) is 0 Å². The molecule has 16 nitrogen and oxygen atoms in total. The summed E-state index contributed by atoms with van der Waals surface area (Å²) in [5, 5.41) is 17.7. The van der Waals surface area contributed by atoms with E-state index in [9.17, 15) is 29.1 Å². The summed E-state index contributed by atoms with van der Waals surface area (Å²) in [7, 11) is 2.71. The number of hydrogen-bond donors (Lipinski definition) is 3. The SMILES string of the molecule is CCOC(=O)Oc1c(OC)ccnc1C(=O)C[C@@H](C)C(=O)O[C@@H](C)[C@@H](C)c1ccccc1C.COc1ccnc(C(=O)O)c1O.Cc1ccccc1[C@H](C)[C@H](C)OC(=O)[C@H](C)N.Cl. The number of nitrogens with zero attached hydrogens (tertiary/aromatic N) is 2. The van der Waals surface area contributed by atoms with Gasteiger partial charge in [0.2, 0.25) is 5.75 Å². The number of carboxylic acid groups (broad SMARTS) is 1. The lowest BCUT2D eigenvalue weighted by Crippen LogP contribution is -2.33. The highest BCUT2D eigenvalue weighted by Crippen LogP contribution is 2.32. The Morgan fingerprint density at radius 2 is 1.16 bits per heavy atom. The minimum absolute atomic E-state index is 0. The Morgan fingerprint density at radius 3 is 1.60 bits per heavy atom. The molecule has 2 heterocycles. The number of halogens is 1. The number of carbonyl (C=O) groups excluding carboxylic acids is 4. The topological polar surface area (TPSA) is 233 Å². The Morgan fingerprint density at radius 1 is 0.698 bits per heavy atom. The van der Waals surface area contributed by atoms with Crippen LogP contribution in [0.15, 0.2) is 73.1 Å². The Bertz CT molecular complexity index is 2130. The zero-order chi connectivity index (χ0) is 46.7. The number of carboxylic acids is 1. The van der Waals surface area contributed by atoms with E-state index in [4.69, 9.17) is 34.5 Å². The summed E-state index contributed by atoms with van der Waals surface area (Å²) < 4.78 is 30.8. The van der Waals surface area contributed by atoms with Crippen molar-refractivity contribution in [2.75, 3.05) is 20.8 Å². The molecule has 0 aliphatic rings. The molecule has 6 atom stereocenters. The van der Waals surface area contributed by atoms with E-state index in [2.05, 4.69) is 40.7 Å². The Balaban J connectivity index is 0.000000548. The zero-order valence-corrected chi connectivity index (χ0v) is 38.4. The van der Waals surface area contributed by atoms with Crippen LogP contribution in [0.3, 0.4) is 0 Å². The number of esters is 2. The number of pyridine rings is 2. The molecule has 0 aliphatic carbocycles. The second-order valence-electron chi connectivity index (χ2n) is 14.4. The second kappa shape index (κ2) is 26.9. The number of aryl methyl sites for hydroxylation is 2. The fourth-order valence-electron chi connectivity index (χ4n) is 5.83. The number of carbonyl (C=O) groups is 5. The van der Waals surface area contributed by atoms with Gasteiger partial charge in [-0.1, -0.05) is 69.3 Å². The third-order valence-electron chi connectivity index (χ3n) is 9.75. The van der Waals surface area contributed by atoms with Crippen LogP contribution in [-0.2, 0) is 23.8 Å². The Labute approximate surface area is 374 Å². The minimum Gasteiger partial charge on any atom is -0.503 e. The number of aromatic carboxylic acids is 1. The molecule has 2 aromatic carbocycles. The van der Waals surface area contributed by atoms with Crippen molar-refractivity contribution in [1.82, 2.24) is 9.97 Å². The maximum atomic E-state index is 12.9. The maximum Gasteiger partial charge on any atom is 0.514 e. The largest absolute Gasteiger partial charge is 0.514 e. The van der Waals surface area contributed by atoms with Crippen LogP contribution in [0.1, 0.15) is 110 Å². The van der Waals surface area contributed by atoms with Crippen molar-refractivity contribution >= 4 is 42.3 Å². The summed E-state index contributed by atoms with van der Waals surface area (Å²) in [6, 6.07) is 18.3. The number of aromatic hydroxyl groups is 1. The van der Waals surface area contributed by atoms with Crippen molar-refractivity contribution in [2.24, 2.45) is 11.7 Å². The third kappa shape index (κ3) is 16.5. The standard InChI is InChI=1S/C25H31NO7.C14H21NO2.C7H7NO4.ClH/c1-7-31-25(29)33-23-21(30-6)12-13-26-22(23)20(27)14-16(3)24(28)32-18(5)17(4)19-11-9-8-10-15(19)2;1-9-7-5-6-8-13(9)10(2)12(4)17-14(16)11(3)15;1-12-4-2-3-8-5(6(4)9)7(10)11;/h8-13,16-18H,7,14H2,1-6H3;5-8,10-12H,15H2,1-4H3;2-3,9H,1H3,(H,10,11);1H/t16-,17-,18+;10-,11+,12+;;/m11../s1. The summed E-state index contributed by atoms with van der Waals surface area (Å²) >= 11 is 0. The fraction of sp³-hybridized carbons (Fsp3) is 0.413. The lowest BCUT2D eigenvalue weighted by atomic mass is 9.92. The van der Waals surface area contributed by atoms with Gasteiger partial charge in [-0.25, -0.2) is 19.6 Å². The average Bonchev–Trinajstić information content (AvgIpc) is 3.23. The molecule has 0 bridgehead atoms. The zero-order valence-electron chi connectivity index (χ0n) is 37.6. The molecule has 63 heavy (non-hydrogen) atoms. The van der Waals surface area contributed by atoms with Gasteiger partial charge in [0.05, 0.1) is 26.7 Å². The van der Waals surface area contributed by atoms with Gasteiger partial charge >= 0.3 is 24.1 Å². The van der Waals surface area contributed by atoms with Gasteiger partial charge in [-0.15, -0.1) is 12.4 Å². The van der Waals surface area contributed by atoms with Crippen molar-refractivity contribution < 1.29 is 62.6 Å². The Hall–Kier alpha value is -6.26. The molecule has 4 N–H and O–H groups in total. The highest BCUT2D eigenvalue weighted by atomic mass is 35.5. The number of Topliss-reactive ketones (excluding diaryl/α,β-unsaturated/α-hetero) is 1. The molecule has 0 fully saturated rings. The summed E-state index contributed by atoms with van der Waals surface area (Å²) in [6.07, 6.45) is 0.901. The van der Waals surface area contributed by atoms with Gasteiger partial charge in [0.1, 0.15) is 18.2 Å². The number of rotatable bonds is 16. The second-order valence-corrected chi connectivity index (χ2v) is 14.4. The van der Waals surface area contributed by atoms with Crippen molar-refractivity contribution in [3.05, 3.63) is 107 Å². The van der Waals surface area contributed by atoms with Gasteiger partial charge in [0.25, 0.3) is 0 Å². The van der Waals surface area contributed by atoms with E-state index in [-0.39, 0.29) is 78.4 Å². The number of aromatic nitrogens is 2. The molecule has 2 aromatic heterocycles. The fourth-order valence-corrected chi connectivity index (χ4v) is 5.83. The number of ether oxygens (including phenoxy) is 6. The van der Waals surface area contributed by atoms with E-state index in [0.717, 1.165) is 11.1 Å². The summed E-state index contributed by atoms with van der Waals surface area (Å²) in [6.45, 7) is 16.8. The van der Waals surface area contributed by atoms with Crippen LogP contribution < -0.4 is 19.9 Å². The van der Waals surface area contributed by atoms with Crippen molar-refractivity contribution in [3.63, 3.8) is 0 Å². The Kier molecular flexibility index (Phi) is 23.4. The van der Waals surface area contributed by atoms with E-state index in [1.165, 1.54) is 49.9 Å². The lowest BCUT2D eigenvalue weighted by molar-refractivity contribution is -0.153. The lowest BCUT2D eigenvalue weighted by Gasteiger charge is -2.23. The van der Waals surface area contributed by atoms with E-state index in [1.54, 1.807) is 20.8 Å². The smallest absolute Gasteiger partial charge is 0.503 e. The minimum atomic E-state index is -1.29. The first kappa shape index (κ1) is 54.8. The monoisotopic (exact) mass is 897 g/mol. The van der Waals surface area contributed by atoms with Crippen LogP contribution in [0.5, 0.6) is 23.0 Å². The van der Waals surface area contributed by atoms with E-state index in [1.807, 2.05) is 64.1 Å². The van der Waals surface area contributed by atoms with Crippen LogP contribution in [-0.4, -0.2) is 89.1 Å². The molecule has 0 saturated heterocycles. The molecule has 4 aromatic rings. The molecule has 344 valence electrons. The molecule has 0 radical (unpaired) electrons. The summed E-state index contributed by atoms with van der Waals surface area (Å²) in [5.41, 5.74) is 9.59. The van der Waals surface area contributed by atoms with Crippen LogP contribution in [0.4, 0.5) is 4.79 Å². The number of ketones is 1. The maximum absolute atomic E-state index is 12.9. The normalized spacial score (nSPS) is 13.1. The van der Waals surface area contributed by atoms with E-state index in [0.29, 0.717) is 0 Å². The number of methoxy groups -OCH3 is 2. The average molecular weight is 898 g/mol. The van der Waals surface area contributed by atoms with Crippen LogP contribution in [0, 0.1) is 19.8 Å². The van der Waals surface area contributed by atoms with Crippen LogP contribution in [0.2, 0.25) is 0 Å². The van der Waals surface area contributed by atoms with Gasteiger partial charge in [-0.2, -0.15) is 0 Å². The molecule has 0 saturated carbocycles. The molecule has 17 heteroatoms. The molecule has 0 spiro atoms. The van der Waals surface area contributed by atoms with Gasteiger partial charge in [0.15, 0.2) is 34.4 Å². The molecule has 0 unspecified atom stereocenters. The quantitative estimate of drug-likeness (QED) is 0.0546. The van der Waals surface area contributed by atoms with Crippen molar-refractivity contribution in [1.29, 1.82) is 0 Å². The van der Waals surface area contributed by atoms with Gasteiger partial charge in [-0.05, 0) is 63.8 Å². The van der Waals surface area contributed by atoms with Crippen molar-refractivity contribution in [3.8, 4) is 23.0 Å². The van der Waals surface area contributed by atoms with Gasteiger partial charge in [-0.3, -0.25) is 14.4 Å². The summed E-state index contributed by atoms with van der Waals surface area (Å²) in [4.78, 5) is 66.7. The van der Waals surface area contributed by atoms with E-state index < -0.39 is 47.3 Å². The molecular formula is C46H60ClN3O13. The predicted octanol–water partition coefficient (Wildman–Crippen LogP) is 8.17. The molecule has 0 aliphatic heterocycles. The number of hydrogen-bond acceptors (Lipinski definition) is 15. The molecule has 0 amide bonds. The first-order valence-corrected chi connectivity index (χ1v) is 19.9. The van der Waals surface area contributed by atoms with E-state index >= 15 is 0 Å². The van der Waals surface area contributed by atoms with Crippen LogP contribution >= 0.6 is 12.4 Å².